The Kier molecular flexibility index (Phi) is 11.7. The summed E-state index contributed by atoms with van der Waals surface area (Å²) in [6.45, 7) is 6.54. The van der Waals surface area contributed by atoms with Gasteiger partial charge in [-0.1, -0.05) is 90.5 Å². The molecule has 0 spiro atoms. The van der Waals surface area contributed by atoms with Crippen molar-refractivity contribution in [3.05, 3.63) is 118 Å². The van der Waals surface area contributed by atoms with Gasteiger partial charge in [0, 0.05) is 48.5 Å². The van der Waals surface area contributed by atoms with Crippen LogP contribution in [0.5, 0.6) is 0 Å². The van der Waals surface area contributed by atoms with Crippen molar-refractivity contribution in [2.45, 2.75) is 32.9 Å². The van der Waals surface area contributed by atoms with E-state index in [1.54, 1.807) is 19.9 Å². The largest absolute Gasteiger partial charge is 0.464 e. The zero-order chi connectivity index (χ0) is 30.8. The molecule has 0 amide bonds. The van der Waals surface area contributed by atoms with E-state index in [0.717, 1.165) is 13.1 Å². The Morgan fingerprint density at radius 1 is 0.767 bits per heavy atom. The number of benzene rings is 3. The lowest BCUT2D eigenvalue weighted by atomic mass is 9.75. The molecule has 0 bridgehead atoms. The molecule has 226 valence electrons. The van der Waals surface area contributed by atoms with Gasteiger partial charge in [0.15, 0.2) is 0 Å². The Morgan fingerprint density at radius 2 is 1.28 bits per heavy atom. The van der Waals surface area contributed by atoms with Crippen molar-refractivity contribution in [2.75, 3.05) is 40.4 Å². The summed E-state index contributed by atoms with van der Waals surface area (Å²) in [4.78, 5) is 36.1. The van der Waals surface area contributed by atoms with Crippen LogP contribution in [0.1, 0.15) is 36.5 Å². The van der Waals surface area contributed by atoms with Crippen LogP contribution in [0.2, 0.25) is 5.02 Å². The van der Waals surface area contributed by atoms with Gasteiger partial charge in [-0.2, -0.15) is 0 Å². The highest BCUT2D eigenvalue weighted by Crippen LogP contribution is 2.42. The van der Waals surface area contributed by atoms with Crippen LogP contribution >= 0.6 is 11.6 Å². The van der Waals surface area contributed by atoms with E-state index in [1.165, 1.54) is 11.1 Å². The highest BCUT2D eigenvalue weighted by molar-refractivity contribution is 6.31. The van der Waals surface area contributed by atoms with Crippen LogP contribution in [0.3, 0.4) is 0 Å². The van der Waals surface area contributed by atoms with E-state index < -0.39 is 23.8 Å². The second kappa shape index (κ2) is 15.6. The first kappa shape index (κ1) is 32.1. The fourth-order valence-corrected chi connectivity index (χ4v) is 5.64. The lowest BCUT2D eigenvalue weighted by molar-refractivity contribution is -0.147. The molecule has 0 aliphatic carbocycles. The molecule has 4 rings (SSSR count). The highest BCUT2D eigenvalue weighted by atomic mass is 35.5. The summed E-state index contributed by atoms with van der Waals surface area (Å²) in [6, 6.07) is 27.5. The quantitative estimate of drug-likeness (QED) is 0.219. The van der Waals surface area contributed by atoms with Gasteiger partial charge in [-0.15, -0.1) is 0 Å². The molecular weight excluding hydrogens is 562 g/mol. The minimum Gasteiger partial charge on any atom is -0.464 e. The van der Waals surface area contributed by atoms with Gasteiger partial charge in [0.05, 0.1) is 5.57 Å². The van der Waals surface area contributed by atoms with Crippen LogP contribution in [0.25, 0.3) is 0 Å². The number of hydrogen-bond donors (Lipinski definition) is 0. The molecule has 1 aliphatic heterocycles. The van der Waals surface area contributed by atoms with Crippen LogP contribution < -0.4 is 0 Å². The van der Waals surface area contributed by atoms with Crippen molar-refractivity contribution < 1.29 is 19.1 Å². The van der Waals surface area contributed by atoms with Gasteiger partial charge in [-0.3, -0.25) is 19.6 Å². The molecule has 7 nitrogen and oxygen atoms in total. The first-order chi connectivity index (χ1) is 20.7. The molecule has 0 saturated heterocycles. The van der Waals surface area contributed by atoms with E-state index in [0.29, 0.717) is 40.7 Å². The van der Waals surface area contributed by atoms with Gasteiger partial charge in [0.25, 0.3) is 0 Å². The first-order valence-corrected chi connectivity index (χ1v) is 14.9. The Labute approximate surface area is 259 Å². The monoisotopic (exact) mass is 601 g/mol. The number of likely N-dealkylation sites (N-methyl/N-ethyl adjacent to an activating group) is 2. The first-order valence-electron chi connectivity index (χ1n) is 14.5. The lowest BCUT2D eigenvalue weighted by Gasteiger charge is -2.32. The number of aliphatic imine (C=N–C) groups is 1. The van der Waals surface area contributed by atoms with Crippen LogP contribution in [0.15, 0.2) is 101 Å². The summed E-state index contributed by atoms with van der Waals surface area (Å²) in [5.41, 5.74) is 4.43. The van der Waals surface area contributed by atoms with Gasteiger partial charge in [-0.05, 0) is 50.7 Å². The van der Waals surface area contributed by atoms with Crippen LogP contribution in [0.4, 0.5) is 0 Å². The van der Waals surface area contributed by atoms with Gasteiger partial charge < -0.3 is 9.47 Å². The fourth-order valence-electron chi connectivity index (χ4n) is 5.38. The van der Waals surface area contributed by atoms with E-state index >= 15 is 0 Å². The summed E-state index contributed by atoms with van der Waals surface area (Å²) in [6.07, 6.45) is 0. The molecule has 0 aromatic heterocycles. The van der Waals surface area contributed by atoms with Gasteiger partial charge in [-0.25, -0.2) is 4.79 Å². The Bertz CT molecular complexity index is 1440. The average molecular weight is 602 g/mol. The third-order valence-corrected chi connectivity index (χ3v) is 7.90. The Balaban J connectivity index is 1.46. The molecule has 3 aromatic carbocycles. The topological polar surface area (TPSA) is 71.4 Å². The number of nitrogens with zero attached hydrogens (tertiary/aromatic N) is 3. The fraction of sp³-hybridized carbons (Fsp3) is 0.343. The van der Waals surface area contributed by atoms with E-state index in [2.05, 4.69) is 39.1 Å². The predicted octanol–water partition coefficient (Wildman–Crippen LogP) is 6.14. The third-order valence-electron chi connectivity index (χ3n) is 7.56. The third kappa shape index (κ3) is 8.86. The summed E-state index contributed by atoms with van der Waals surface area (Å²) in [7, 11) is 3.97. The minimum atomic E-state index is -0.814. The number of allylic oxidation sites excluding steroid dienone is 1. The minimum absolute atomic E-state index is 0.194. The highest BCUT2D eigenvalue weighted by Gasteiger charge is 2.43. The zero-order valence-electron chi connectivity index (χ0n) is 25.3. The number of esters is 2. The smallest absolute Gasteiger partial charge is 0.336 e. The molecule has 1 heterocycles. The van der Waals surface area contributed by atoms with Crippen molar-refractivity contribution in [1.29, 1.82) is 0 Å². The van der Waals surface area contributed by atoms with Crippen molar-refractivity contribution in [2.24, 2.45) is 10.9 Å². The van der Waals surface area contributed by atoms with Crippen molar-refractivity contribution in [3.63, 3.8) is 0 Å². The molecular formula is C35H40ClN3O4. The number of halogens is 1. The number of ether oxygens (including phenoxy) is 2. The Morgan fingerprint density at radius 3 is 1.84 bits per heavy atom. The van der Waals surface area contributed by atoms with Gasteiger partial charge in [0.2, 0.25) is 0 Å². The average Bonchev–Trinajstić information content (AvgIpc) is 2.98. The number of carbonyl (C=O) groups is 2. The lowest BCUT2D eigenvalue weighted by Crippen LogP contribution is -2.38. The maximum atomic E-state index is 13.6. The summed E-state index contributed by atoms with van der Waals surface area (Å²) in [5, 5.41) is 0.461. The van der Waals surface area contributed by atoms with Crippen LogP contribution in [0, 0.1) is 5.92 Å². The summed E-state index contributed by atoms with van der Waals surface area (Å²) >= 11 is 6.66. The zero-order valence-corrected chi connectivity index (χ0v) is 26.1. The molecule has 0 radical (unpaired) electrons. The normalized spacial score (nSPS) is 16.8. The van der Waals surface area contributed by atoms with Crippen LogP contribution in [-0.4, -0.2) is 67.8 Å². The molecule has 2 atom stereocenters. The summed E-state index contributed by atoms with van der Waals surface area (Å²) in [5.74, 6) is -2.45. The van der Waals surface area contributed by atoms with E-state index in [4.69, 9.17) is 21.1 Å². The predicted molar refractivity (Wildman–Crippen MR) is 171 cm³/mol. The maximum absolute atomic E-state index is 13.6. The van der Waals surface area contributed by atoms with Gasteiger partial charge >= 0.3 is 11.9 Å². The number of carbonyl (C=O) groups excluding carboxylic acids is 2. The molecule has 43 heavy (non-hydrogen) atoms. The molecule has 8 heteroatoms. The molecule has 3 aromatic rings. The second-order valence-electron chi connectivity index (χ2n) is 11.0. The van der Waals surface area contributed by atoms with E-state index in [1.807, 2.05) is 68.7 Å². The summed E-state index contributed by atoms with van der Waals surface area (Å²) < 4.78 is 11.6. The molecule has 0 saturated carbocycles. The molecule has 0 N–H and O–H groups in total. The van der Waals surface area contributed by atoms with Gasteiger partial charge in [0.1, 0.15) is 19.1 Å². The van der Waals surface area contributed by atoms with Crippen LogP contribution in [-0.2, 0) is 32.2 Å². The SMILES string of the molecule is CC1=NC(C)=C(C(=O)OCCN(C)Cc2ccccc2)C(c2ccccc2Cl)C1C(=O)OCCN(C)Cc1ccccc1. The van der Waals surface area contributed by atoms with E-state index in [-0.39, 0.29) is 13.2 Å². The van der Waals surface area contributed by atoms with Crippen molar-refractivity contribution >= 4 is 29.3 Å². The molecule has 2 unspecified atom stereocenters. The Hall–Kier alpha value is -3.78. The number of rotatable bonds is 13. The second-order valence-corrected chi connectivity index (χ2v) is 11.4. The molecule has 1 aliphatic rings. The van der Waals surface area contributed by atoms with Crippen molar-refractivity contribution in [3.8, 4) is 0 Å². The van der Waals surface area contributed by atoms with Crippen molar-refractivity contribution in [1.82, 2.24) is 9.80 Å². The molecule has 0 fully saturated rings. The van der Waals surface area contributed by atoms with E-state index in [9.17, 15) is 9.59 Å². The standard InChI is InChI=1S/C35H40ClN3O4/c1-25-31(34(40)42-21-19-38(3)23-27-13-7-5-8-14-27)33(29-17-11-12-18-30(29)36)32(26(2)37-25)35(41)43-22-20-39(4)24-28-15-9-6-10-16-28/h5-18,31,33H,19-24H2,1-4H3. The number of hydrogen-bond acceptors (Lipinski definition) is 7. The maximum Gasteiger partial charge on any atom is 0.336 e.